The van der Waals surface area contributed by atoms with Crippen LogP contribution in [0.3, 0.4) is 0 Å². The monoisotopic (exact) mass is 376 g/mol. The summed E-state index contributed by atoms with van der Waals surface area (Å²) in [6.45, 7) is 0. The molecule has 8 heteroatoms. The van der Waals surface area contributed by atoms with E-state index in [9.17, 15) is 8.78 Å². The molecule has 0 aliphatic carbocycles. The van der Waals surface area contributed by atoms with Crippen LogP contribution in [0.25, 0.3) is 44.2 Å². The van der Waals surface area contributed by atoms with Crippen LogP contribution in [0.5, 0.6) is 11.5 Å². The van der Waals surface area contributed by atoms with Crippen molar-refractivity contribution in [2.45, 2.75) is 6.29 Å². The van der Waals surface area contributed by atoms with Gasteiger partial charge in [-0.25, -0.2) is 4.98 Å². The number of H-pyrrole nitrogens is 1. The van der Waals surface area contributed by atoms with Crippen LogP contribution >= 0.6 is 0 Å². The molecule has 6 rings (SSSR count). The number of benzene rings is 2. The number of halogens is 2. The van der Waals surface area contributed by atoms with Gasteiger partial charge in [-0.15, -0.1) is 8.78 Å². The van der Waals surface area contributed by atoms with E-state index in [0.29, 0.717) is 11.4 Å². The van der Waals surface area contributed by atoms with Gasteiger partial charge >= 0.3 is 6.29 Å². The third-order valence-electron chi connectivity index (χ3n) is 4.74. The minimum absolute atomic E-state index is 0.00541. The van der Waals surface area contributed by atoms with Crippen LogP contribution in [0.2, 0.25) is 0 Å². The van der Waals surface area contributed by atoms with Crippen LogP contribution in [0.1, 0.15) is 0 Å². The fourth-order valence-corrected chi connectivity index (χ4v) is 3.58. The standard InChI is InChI=1S/C20H10F2N4O2/c21-20(22)27-13-6-5-10(9-14(13)28-20)19-25-17-11-3-1-7-23-15(11)16-12(18(17)26-19)4-2-8-24-16/h1-9H,(H,25,26). The first-order valence-corrected chi connectivity index (χ1v) is 8.50. The molecule has 0 saturated heterocycles. The Morgan fingerprint density at radius 1 is 0.821 bits per heavy atom. The zero-order chi connectivity index (χ0) is 18.9. The van der Waals surface area contributed by atoms with Crippen molar-refractivity contribution in [1.82, 2.24) is 19.9 Å². The molecule has 5 aromatic rings. The van der Waals surface area contributed by atoms with E-state index in [4.69, 9.17) is 4.98 Å². The average Bonchev–Trinajstić information content (AvgIpc) is 3.27. The molecule has 6 nitrogen and oxygen atoms in total. The second-order valence-electron chi connectivity index (χ2n) is 6.44. The molecule has 1 aliphatic heterocycles. The topological polar surface area (TPSA) is 72.9 Å². The predicted octanol–water partition coefficient (Wildman–Crippen LogP) is 4.65. The molecule has 3 aromatic heterocycles. The summed E-state index contributed by atoms with van der Waals surface area (Å²) >= 11 is 0. The third-order valence-corrected chi connectivity index (χ3v) is 4.74. The molecule has 0 radical (unpaired) electrons. The van der Waals surface area contributed by atoms with Crippen LogP contribution in [-0.2, 0) is 0 Å². The normalized spacial score (nSPS) is 14.9. The summed E-state index contributed by atoms with van der Waals surface area (Å²) in [5.74, 6) is 0.494. The lowest BCUT2D eigenvalue weighted by Gasteiger charge is -2.04. The molecule has 0 unspecified atom stereocenters. The second kappa shape index (κ2) is 5.13. The summed E-state index contributed by atoms with van der Waals surface area (Å²) in [6, 6.07) is 12.1. The van der Waals surface area contributed by atoms with Crippen molar-refractivity contribution in [3.63, 3.8) is 0 Å². The van der Waals surface area contributed by atoms with Gasteiger partial charge in [-0.3, -0.25) is 9.97 Å². The predicted molar refractivity (Wildman–Crippen MR) is 98.3 cm³/mol. The number of hydrogen-bond donors (Lipinski definition) is 1. The average molecular weight is 376 g/mol. The smallest absolute Gasteiger partial charge is 0.395 e. The number of alkyl halides is 2. The molecule has 136 valence electrons. The third kappa shape index (κ3) is 2.08. The van der Waals surface area contributed by atoms with E-state index in [1.165, 1.54) is 12.1 Å². The Kier molecular flexibility index (Phi) is 2.80. The number of aromatic nitrogens is 4. The zero-order valence-corrected chi connectivity index (χ0v) is 14.1. The van der Waals surface area contributed by atoms with Crippen molar-refractivity contribution < 1.29 is 18.3 Å². The van der Waals surface area contributed by atoms with E-state index < -0.39 is 6.29 Å². The Morgan fingerprint density at radius 3 is 2.36 bits per heavy atom. The number of nitrogens with zero attached hydrogens (tertiary/aromatic N) is 3. The highest BCUT2D eigenvalue weighted by molar-refractivity contribution is 6.21. The SMILES string of the molecule is FC1(F)Oc2ccc(-c3nc4c5cccnc5c5ncccc5c4[nH]3)cc2O1. The highest BCUT2D eigenvalue weighted by Crippen LogP contribution is 2.43. The van der Waals surface area contributed by atoms with E-state index >= 15 is 0 Å². The number of hydrogen-bond acceptors (Lipinski definition) is 5. The Hall–Kier alpha value is -3.81. The maximum absolute atomic E-state index is 13.3. The van der Waals surface area contributed by atoms with Crippen molar-refractivity contribution in [3.8, 4) is 22.9 Å². The molecule has 0 atom stereocenters. The van der Waals surface area contributed by atoms with Gasteiger partial charge in [-0.1, -0.05) is 0 Å². The molecule has 28 heavy (non-hydrogen) atoms. The minimum atomic E-state index is -3.65. The molecule has 0 fully saturated rings. The molecule has 0 spiro atoms. The van der Waals surface area contributed by atoms with Crippen molar-refractivity contribution in [3.05, 3.63) is 54.9 Å². The molecule has 0 amide bonds. The van der Waals surface area contributed by atoms with Gasteiger partial charge < -0.3 is 14.5 Å². The fraction of sp³-hybridized carbons (Fsp3) is 0.0500. The first kappa shape index (κ1) is 15.3. The lowest BCUT2D eigenvalue weighted by molar-refractivity contribution is -0.286. The first-order valence-electron chi connectivity index (χ1n) is 8.50. The van der Waals surface area contributed by atoms with E-state index in [-0.39, 0.29) is 11.5 Å². The molecule has 2 aromatic carbocycles. The highest BCUT2D eigenvalue weighted by atomic mass is 19.3. The van der Waals surface area contributed by atoms with Gasteiger partial charge in [0.1, 0.15) is 5.82 Å². The molecule has 1 aliphatic rings. The van der Waals surface area contributed by atoms with Gasteiger partial charge in [0.15, 0.2) is 11.5 Å². The number of nitrogens with one attached hydrogen (secondary N) is 1. The first-order chi connectivity index (χ1) is 13.6. The molecule has 1 N–H and O–H groups in total. The number of imidazole rings is 1. The van der Waals surface area contributed by atoms with Crippen molar-refractivity contribution in [1.29, 1.82) is 0 Å². The van der Waals surface area contributed by atoms with E-state index in [1.807, 2.05) is 24.3 Å². The van der Waals surface area contributed by atoms with E-state index in [2.05, 4.69) is 24.4 Å². The van der Waals surface area contributed by atoms with Crippen LogP contribution in [0.15, 0.2) is 54.9 Å². The number of rotatable bonds is 1. The van der Waals surface area contributed by atoms with Crippen LogP contribution in [-0.4, -0.2) is 26.2 Å². The maximum Gasteiger partial charge on any atom is 0.586 e. The molecule has 0 bridgehead atoms. The van der Waals surface area contributed by atoms with Gasteiger partial charge in [-0.2, -0.15) is 0 Å². The Labute approximate surface area is 155 Å². The molecular weight excluding hydrogens is 366 g/mol. The van der Waals surface area contributed by atoms with E-state index in [1.54, 1.807) is 18.5 Å². The van der Waals surface area contributed by atoms with Crippen molar-refractivity contribution in [2.24, 2.45) is 0 Å². The van der Waals surface area contributed by atoms with Gasteiger partial charge in [0.25, 0.3) is 0 Å². The molecule has 0 saturated carbocycles. The van der Waals surface area contributed by atoms with Gasteiger partial charge in [-0.05, 0) is 42.5 Å². The number of ether oxygens (including phenoxy) is 2. The summed E-state index contributed by atoms with van der Waals surface area (Å²) in [6.07, 6.45) is -0.218. The van der Waals surface area contributed by atoms with Crippen LogP contribution in [0, 0.1) is 0 Å². The van der Waals surface area contributed by atoms with Crippen LogP contribution in [0.4, 0.5) is 8.78 Å². The lowest BCUT2D eigenvalue weighted by Crippen LogP contribution is -2.25. The van der Waals surface area contributed by atoms with Gasteiger partial charge in [0.2, 0.25) is 0 Å². The quantitative estimate of drug-likeness (QED) is 0.431. The summed E-state index contributed by atoms with van der Waals surface area (Å²) < 4.78 is 35.6. The van der Waals surface area contributed by atoms with Gasteiger partial charge in [0.05, 0.1) is 22.1 Å². The second-order valence-corrected chi connectivity index (χ2v) is 6.44. The summed E-state index contributed by atoms with van der Waals surface area (Å²) in [7, 11) is 0. The fourth-order valence-electron chi connectivity index (χ4n) is 3.58. The Bertz CT molecular complexity index is 1340. The minimum Gasteiger partial charge on any atom is -0.395 e. The van der Waals surface area contributed by atoms with Crippen molar-refractivity contribution in [2.75, 3.05) is 0 Å². The molecule has 4 heterocycles. The highest BCUT2D eigenvalue weighted by Gasteiger charge is 2.43. The van der Waals surface area contributed by atoms with Crippen LogP contribution < -0.4 is 9.47 Å². The van der Waals surface area contributed by atoms with Crippen molar-refractivity contribution >= 4 is 32.8 Å². The van der Waals surface area contributed by atoms with Gasteiger partial charge in [0, 0.05) is 28.7 Å². The zero-order valence-electron chi connectivity index (χ0n) is 14.1. The Balaban J connectivity index is 1.63. The number of fused-ring (bicyclic) bond motifs is 7. The number of aromatic amines is 1. The lowest BCUT2D eigenvalue weighted by atomic mass is 10.1. The largest absolute Gasteiger partial charge is 0.586 e. The summed E-state index contributed by atoms with van der Waals surface area (Å²) in [5, 5.41) is 1.74. The summed E-state index contributed by atoms with van der Waals surface area (Å²) in [5.41, 5.74) is 3.67. The maximum atomic E-state index is 13.3. The van der Waals surface area contributed by atoms with E-state index in [0.717, 1.165) is 32.8 Å². The molecular formula is C20H10F2N4O2. The number of pyridine rings is 2. The Morgan fingerprint density at radius 2 is 1.54 bits per heavy atom. The summed E-state index contributed by atoms with van der Waals surface area (Å²) in [4.78, 5) is 17.0.